The van der Waals surface area contributed by atoms with E-state index in [1.54, 1.807) is 0 Å². The number of ether oxygens (including phenoxy) is 2. The molecule has 2 aromatic carbocycles. The zero-order valence-electron chi connectivity index (χ0n) is 37.3. The minimum atomic E-state index is -0.964. The number of rotatable bonds is 38. The van der Waals surface area contributed by atoms with Crippen LogP contribution in [0.4, 0.5) is 0 Å². The van der Waals surface area contributed by atoms with Gasteiger partial charge >= 0.3 is 48.9 Å². The number of unbranched alkanes of at least 4 members (excludes halogenated alkanes) is 12. The summed E-state index contributed by atoms with van der Waals surface area (Å²) in [6, 6.07) is 20.7. The maximum atomic E-state index is 10.3. The quantitative estimate of drug-likeness (QED) is 0.0501. The zero-order valence-corrected chi connectivity index (χ0v) is 41.8. The van der Waals surface area contributed by atoms with E-state index in [2.05, 4.69) is 62.4 Å². The molecule has 2 N–H and O–H groups in total. The predicted molar refractivity (Wildman–Crippen MR) is 238 cm³/mol. The Labute approximate surface area is 400 Å². The van der Waals surface area contributed by atoms with Crippen molar-refractivity contribution in [1.82, 2.24) is 0 Å². The topological polar surface area (TPSA) is 139 Å². The first-order valence-electron chi connectivity index (χ1n) is 23.3. The molecule has 332 valence electrons. The van der Waals surface area contributed by atoms with Gasteiger partial charge in [-0.1, -0.05) is 177 Å². The molecule has 0 saturated heterocycles. The SMILES string of the molecule is CCCC(CCCCCCC(O)CCCCCCC(=O)[O-])OCc1ccccc1.CCCC(CCCCCCC(O)CCCCCCC(=O)[O-])OCc1ccccc1.[Ba+2]. The summed E-state index contributed by atoms with van der Waals surface area (Å²) in [5.74, 6) is -1.93. The molecule has 4 atom stereocenters. The molecular formula is C50H82BaO8. The Kier molecular flexibility index (Phi) is 41.2. The Morgan fingerprint density at radius 1 is 0.458 bits per heavy atom. The van der Waals surface area contributed by atoms with Crippen LogP contribution in [0.3, 0.4) is 0 Å². The van der Waals surface area contributed by atoms with Crippen LogP contribution < -0.4 is 10.2 Å². The molecule has 0 aliphatic carbocycles. The van der Waals surface area contributed by atoms with E-state index in [0.717, 1.165) is 116 Å². The summed E-state index contributed by atoms with van der Waals surface area (Å²) < 4.78 is 12.2. The minimum absolute atomic E-state index is 0. The summed E-state index contributed by atoms with van der Waals surface area (Å²) in [6.07, 6.45) is 27.2. The molecule has 9 heteroatoms. The summed E-state index contributed by atoms with van der Waals surface area (Å²) in [7, 11) is 0. The van der Waals surface area contributed by atoms with Gasteiger partial charge in [0.2, 0.25) is 0 Å². The minimum Gasteiger partial charge on any atom is -0.550 e. The first-order valence-corrected chi connectivity index (χ1v) is 23.3. The van der Waals surface area contributed by atoms with Crippen LogP contribution in [0, 0.1) is 0 Å². The molecule has 0 aliphatic heterocycles. The van der Waals surface area contributed by atoms with E-state index in [1.807, 2.05) is 12.1 Å². The molecule has 8 nitrogen and oxygen atoms in total. The van der Waals surface area contributed by atoms with E-state index in [4.69, 9.17) is 9.47 Å². The van der Waals surface area contributed by atoms with Crippen molar-refractivity contribution in [2.75, 3.05) is 0 Å². The summed E-state index contributed by atoms with van der Waals surface area (Å²) in [5, 5.41) is 40.8. The molecule has 2 rings (SSSR count). The van der Waals surface area contributed by atoms with Gasteiger partial charge in [-0.3, -0.25) is 0 Å². The van der Waals surface area contributed by atoms with Gasteiger partial charge in [-0.05, 0) is 88.2 Å². The van der Waals surface area contributed by atoms with Crippen molar-refractivity contribution in [3.63, 3.8) is 0 Å². The van der Waals surface area contributed by atoms with Crippen molar-refractivity contribution in [2.24, 2.45) is 0 Å². The summed E-state index contributed by atoms with van der Waals surface area (Å²) in [5.41, 5.74) is 2.47. The van der Waals surface area contributed by atoms with Crippen LogP contribution in [0.25, 0.3) is 0 Å². The van der Waals surface area contributed by atoms with Crippen molar-refractivity contribution in [3.8, 4) is 0 Å². The number of aliphatic hydroxyl groups excluding tert-OH is 2. The third-order valence-electron chi connectivity index (χ3n) is 10.8. The monoisotopic (exact) mass is 949 g/mol. The summed E-state index contributed by atoms with van der Waals surface area (Å²) >= 11 is 0. The third-order valence-corrected chi connectivity index (χ3v) is 10.8. The Morgan fingerprint density at radius 2 is 0.746 bits per heavy atom. The van der Waals surface area contributed by atoms with Gasteiger partial charge in [0.05, 0.1) is 37.6 Å². The van der Waals surface area contributed by atoms with Crippen LogP contribution in [-0.2, 0) is 32.3 Å². The van der Waals surface area contributed by atoms with Crippen molar-refractivity contribution < 1.29 is 39.5 Å². The molecule has 0 saturated carbocycles. The summed E-state index contributed by atoms with van der Waals surface area (Å²) in [4.78, 5) is 20.7. The number of carboxylic acid groups (broad SMARTS) is 2. The number of benzene rings is 2. The maximum Gasteiger partial charge on any atom is 2.00 e. The number of aliphatic carboxylic acids is 2. The Hall–Kier alpha value is -1.21. The van der Waals surface area contributed by atoms with Gasteiger partial charge in [-0.2, -0.15) is 0 Å². The number of carbonyl (C=O) groups excluding carboxylic acids is 2. The van der Waals surface area contributed by atoms with Gasteiger partial charge in [-0.25, -0.2) is 0 Å². The number of hydrogen-bond donors (Lipinski definition) is 2. The molecule has 59 heavy (non-hydrogen) atoms. The van der Waals surface area contributed by atoms with E-state index in [9.17, 15) is 30.0 Å². The van der Waals surface area contributed by atoms with E-state index in [1.165, 1.54) is 49.7 Å². The number of hydrogen-bond acceptors (Lipinski definition) is 8. The Bertz CT molecular complexity index is 1110. The molecule has 4 unspecified atom stereocenters. The molecule has 2 aromatic rings. The van der Waals surface area contributed by atoms with Crippen LogP contribution in [-0.4, -0.2) is 95.4 Å². The van der Waals surface area contributed by atoms with E-state index in [0.29, 0.717) is 38.3 Å². The molecule has 0 heterocycles. The molecule has 0 amide bonds. The number of aliphatic hydroxyl groups is 2. The van der Waals surface area contributed by atoms with E-state index >= 15 is 0 Å². The standard InChI is InChI=1S/2C25H42O4.Ba/c2*1-2-14-24(29-21-22-15-8-7-9-16-22)19-12-5-3-10-17-23(26)18-11-4-6-13-20-25(27)28;/h2*7-9,15-16,23-24,26H,2-6,10-14,17-21H2,1H3,(H,27,28);/q;;+2/p-2. The van der Waals surface area contributed by atoms with Gasteiger partial charge in [0.25, 0.3) is 0 Å². The van der Waals surface area contributed by atoms with Crippen molar-refractivity contribution in [2.45, 2.75) is 231 Å². The fourth-order valence-corrected chi connectivity index (χ4v) is 7.35. The normalized spacial score (nSPS) is 13.1. The van der Waals surface area contributed by atoms with Crippen LogP contribution in [0.15, 0.2) is 60.7 Å². The number of carbonyl (C=O) groups is 2. The average molecular weight is 949 g/mol. The average Bonchev–Trinajstić information content (AvgIpc) is 3.21. The van der Waals surface area contributed by atoms with Crippen LogP contribution >= 0.6 is 0 Å². The van der Waals surface area contributed by atoms with Crippen LogP contribution in [0.2, 0.25) is 0 Å². The molecule has 0 bridgehead atoms. The zero-order chi connectivity index (χ0) is 42.3. The fourth-order valence-electron chi connectivity index (χ4n) is 7.35. The summed E-state index contributed by atoms with van der Waals surface area (Å²) in [6.45, 7) is 5.82. The van der Waals surface area contributed by atoms with E-state index in [-0.39, 0.29) is 73.9 Å². The molecule has 0 aromatic heterocycles. The first kappa shape index (κ1) is 57.8. The van der Waals surface area contributed by atoms with Gasteiger partial charge < -0.3 is 39.5 Å². The fraction of sp³-hybridized carbons (Fsp3) is 0.720. The molecule has 0 fully saturated rings. The smallest absolute Gasteiger partial charge is 0.550 e. The van der Waals surface area contributed by atoms with E-state index < -0.39 is 11.9 Å². The maximum absolute atomic E-state index is 10.3. The largest absolute Gasteiger partial charge is 2.00 e. The Morgan fingerprint density at radius 3 is 1.03 bits per heavy atom. The van der Waals surface area contributed by atoms with Crippen molar-refractivity contribution in [1.29, 1.82) is 0 Å². The molecular weight excluding hydrogens is 866 g/mol. The van der Waals surface area contributed by atoms with Crippen LogP contribution in [0.5, 0.6) is 0 Å². The molecule has 0 spiro atoms. The third kappa shape index (κ3) is 38.2. The second kappa shape index (κ2) is 42.1. The number of carboxylic acids is 2. The van der Waals surface area contributed by atoms with Crippen molar-refractivity contribution >= 4 is 60.8 Å². The second-order valence-electron chi connectivity index (χ2n) is 16.4. The van der Waals surface area contributed by atoms with Crippen LogP contribution in [0.1, 0.15) is 205 Å². The van der Waals surface area contributed by atoms with Gasteiger partial charge in [0, 0.05) is 11.9 Å². The predicted octanol–water partition coefficient (Wildman–Crippen LogP) is 9.95. The van der Waals surface area contributed by atoms with Gasteiger partial charge in [0.15, 0.2) is 0 Å². The second-order valence-corrected chi connectivity index (χ2v) is 16.4. The van der Waals surface area contributed by atoms with Gasteiger partial charge in [-0.15, -0.1) is 0 Å². The first-order chi connectivity index (χ1) is 28.2. The van der Waals surface area contributed by atoms with Gasteiger partial charge in [0.1, 0.15) is 0 Å². The Balaban J connectivity index is 0.00000112. The molecule has 0 aliphatic rings. The molecule has 0 radical (unpaired) electrons. The van der Waals surface area contributed by atoms with Crippen molar-refractivity contribution in [3.05, 3.63) is 71.8 Å².